The van der Waals surface area contributed by atoms with E-state index in [-0.39, 0.29) is 17.8 Å². The van der Waals surface area contributed by atoms with Crippen LogP contribution in [0.1, 0.15) is 50.7 Å². The van der Waals surface area contributed by atoms with Crippen molar-refractivity contribution in [3.8, 4) is 0 Å². The zero-order valence-electron chi connectivity index (χ0n) is 13.5. The average Bonchev–Trinajstić information content (AvgIpc) is 2.55. The maximum absolute atomic E-state index is 12.3. The van der Waals surface area contributed by atoms with Crippen LogP contribution in [0.3, 0.4) is 0 Å². The lowest BCUT2D eigenvalue weighted by Gasteiger charge is -2.30. The molecule has 1 fully saturated rings. The summed E-state index contributed by atoms with van der Waals surface area (Å²) in [4.78, 5) is 12.3. The monoisotopic (exact) mass is 321 g/mol. The van der Waals surface area contributed by atoms with Gasteiger partial charge in [0.05, 0.1) is 11.9 Å². The van der Waals surface area contributed by atoms with Crippen LogP contribution in [0.5, 0.6) is 0 Å². The number of carbonyl (C=O) groups excluding carboxylic acids is 1. The van der Waals surface area contributed by atoms with E-state index in [1.165, 1.54) is 24.8 Å². The van der Waals surface area contributed by atoms with Gasteiger partial charge in [0.15, 0.2) is 0 Å². The second kappa shape index (κ2) is 8.59. The van der Waals surface area contributed by atoms with E-state index in [1.54, 1.807) is 11.8 Å². The van der Waals surface area contributed by atoms with E-state index in [9.17, 15) is 4.79 Å². The molecule has 3 unspecified atom stereocenters. The number of nitrogens with one attached hydrogen (secondary N) is 1. The zero-order chi connectivity index (χ0) is 15.9. The molecule has 1 amide bonds. The number of carbonyl (C=O) groups is 1. The largest absolute Gasteiger partial charge is 0.392 e. The molecule has 0 radical (unpaired) electrons. The van der Waals surface area contributed by atoms with E-state index < -0.39 is 0 Å². The van der Waals surface area contributed by atoms with Crippen LogP contribution in [0.4, 0.5) is 0 Å². The van der Waals surface area contributed by atoms with E-state index in [0.717, 1.165) is 17.7 Å². The summed E-state index contributed by atoms with van der Waals surface area (Å²) in [5.41, 5.74) is 2.11. The van der Waals surface area contributed by atoms with E-state index in [0.29, 0.717) is 12.0 Å². The molecule has 3 atom stereocenters. The Hall–Kier alpha value is -1.00. The quantitative estimate of drug-likeness (QED) is 0.843. The molecule has 0 bridgehead atoms. The number of hydrogen-bond acceptors (Lipinski definition) is 3. The third-order valence-corrected chi connectivity index (χ3v) is 5.73. The fourth-order valence-corrected chi connectivity index (χ4v) is 3.72. The summed E-state index contributed by atoms with van der Waals surface area (Å²) in [6.45, 7) is 4.30. The SMILES string of the molecule is CC(SCc1ccc(CO)cc1)C(=O)NC1CCCCC1C. The van der Waals surface area contributed by atoms with E-state index in [2.05, 4.69) is 12.2 Å². The molecule has 2 rings (SSSR count). The van der Waals surface area contributed by atoms with Gasteiger partial charge in [-0.1, -0.05) is 44.0 Å². The highest BCUT2D eigenvalue weighted by atomic mass is 32.2. The molecule has 1 aliphatic rings. The Bertz CT molecular complexity index is 474. The number of rotatable bonds is 6. The molecule has 0 saturated heterocycles. The van der Waals surface area contributed by atoms with Crippen LogP contribution in [0.15, 0.2) is 24.3 Å². The van der Waals surface area contributed by atoms with Gasteiger partial charge in [-0.15, -0.1) is 11.8 Å². The second-order valence-electron chi connectivity index (χ2n) is 6.30. The number of aliphatic hydroxyl groups is 1. The second-order valence-corrected chi connectivity index (χ2v) is 7.63. The molecule has 122 valence electrons. The Morgan fingerprint density at radius 2 is 1.91 bits per heavy atom. The van der Waals surface area contributed by atoms with Gasteiger partial charge in [-0.25, -0.2) is 0 Å². The molecule has 4 heteroatoms. The molecule has 0 heterocycles. The number of aliphatic hydroxyl groups excluding tert-OH is 1. The molecule has 1 aliphatic carbocycles. The summed E-state index contributed by atoms with van der Waals surface area (Å²) in [6, 6.07) is 8.26. The topological polar surface area (TPSA) is 49.3 Å². The first kappa shape index (κ1) is 17.4. The molecule has 1 saturated carbocycles. The molecule has 1 aromatic carbocycles. The van der Waals surface area contributed by atoms with Crippen molar-refractivity contribution in [2.75, 3.05) is 0 Å². The minimum Gasteiger partial charge on any atom is -0.392 e. The predicted octanol–water partition coefficient (Wildman–Crippen LogP) is 3.50. The first-order valence-electron chi connectivity index (χ1n) is 8.21. The van der Waals surface area contributed by atoms with Crippen LogP contribution in [0, 0.1) is 5.92 Å². The fourth-order valence-electron chi connectivity index (χ4n) is 2.87. The van der Waals surface area contributed by atoms with Crippen LogP contribution in [0.2, 0.25) is 0 Å². The van der Waals surface area contributed by atoms with Gasteiger partial charge in [0.25, 0.3) is 0 Å². The molecule has 22 heavy (non-hydrogen) atoms. The van der Waals surface area contributed by atoms with Gasteiger partial charge in [-0.2, -0.15) is 0 Å². The highest BCUT2D eigenvalue weighted by molar-refractivity contribution is 7.99. The Morgan fingerprint density at radius 3 is 2.55 bits per heavy atom. The molecular weight excluding hydrogens is 294 g/mol. The van der Waals surface area contributed by atoms with Crippen LogP contribution in [-0.2, 0) is 17.2 Å². The average molecular weight is 321 g/mol. The van der Waals surface area contributed by atoms with Crippen molar-refractivity contribution in [1.82, 2.24) is 5.32 Å². The first-order chi connectivity index (χ1) is 10.6. The lowest BCUT2D eigenvalue weighted by Crippen LogP contribution is -2.44. The van der Waals surface area contributed by atoms with Crippen LogP contribution in [-0.4, -0.2) is 22.3 Å². The van der Waals surface area contributed by atoms with Crippen LogP contribution < -0.4 is 5.32 Å². The number of hydrogen-bond donors (Lipinski definition) is 2. The summed E-state index contributed by atoms with van der Waals surface area (Å²) >= 11 is 1.67. The van der Waals surface area contributed by atoms with Crippen molar-refractivity contribution in [3.63, 3.8) is 0 Å². The predicted molar refractivity (Wildman–Crippen MR) is 92.7 cm³/mol. The summed E-state index contributed by atoms with van der Waals surface area (Å²) in [6.07, 6.45) is 4.87. The smallest absolute Gasteiger partial charge is 0.233 e. The van der Waals surface area contributed by atoms with Crippen molar-refractivity contribution in [2.45, 2.75) is 63.2 Å². The molecular formula is C18H27NO2S. The van der Waals surface area contributed by atoms with E-state index >= 15 is 0 Å². The van der Waals surface area contributed by atoms with Crippen molar-refractivity contribution >= 4 is 17.7 Å². The highest BCUT2D eigenvalue weighted by Crippen LogP contribution is 2.25. The van der Waals surface area contributed by atoms with Gasteiger partial charge in [-0.3, -0.25) is 4.79 Å². The number of benzene rings is 1. The maximum Gasteiger partial charge on any atom is 0.233 e. The van der Waals surface area contributed by atoms with Gasteiger partial charge >= 0.3 is 0 Å². The van der Waals surface area contributed by atoms with E-state index in [4.69, 9.17) is 5.11 Å². The number of thioether (sulfide) groups is 1. The Morgan fingerprint density at radius 1 is 1.27 bits per heavy atom. The standard InChI is InChI=1S/C18H27NO2S/c1-13-5-3-4-6-17(13)19-18(21)14(2)22-12-16-9-7-15(11-20)8-10-16/h7-10,13-14,17,20H,3-6,11-12H2,1-2H3,(H,19,21). The Balaban J connectivity index is 1.77. The molecule has 0 aromatic heterocycles. The summed E-state index contributed by atoms with van der Waals surface area (Å²) < 4.78 is 0. The molecule has 0 aliphatic heterocycles. The zero-order valence-corrected chi connectivity index (χ0v) is 14.4. The summed E-state index contributed by atoms with van der Waals surface area (Å²) in [5, 5.41) is 12.2. The lowest BCUT2D eigenvalue weighted by atomic mass is 9.86. The van der Waals surface area contributed by atoms with Crippen molar-refractivity contribution < 1.29 is 9.90 Å². The van der Waals surface area contributed by atoms with Gasteiger partial charge in [0.2, 0.25) is 5.91 Å². The lowest BCUT2D eigenvalue weighted by molar-refractivity contribution is -0.121. The van der Waals surface area contributed by atoms with Gasteiger partial charge in [-0.05, 0) is 36.8 Å². The first-order valence-corrected chi connectivity index (χ1v) is 9.25. The molecule has 3 nitrogen and oxygen atoms in total. The van der Waals surface area contributed by atoms with Gasteiger partial charge in [0, 0.05) is 11.8 Å². The van der Waals surface area contributed by atoms with Crippen LogP contribution >= 0.6 is 11.8 Å². The Kier molecular flexibility index (Phi) is 6.77. The molecule has 2 N–H and O–H groups in total. The minimum atomic E-state index is -0.0355. The van der Waals surface area contributed by atoms with Crippen molar-refractivity contribution in [2.24, 2.45) is 5.92 Å². The van der Waals surface area contributed by atoms with Crippen molar-refractivity contribution in [1.29, 1.82) is 0 Å². The molecule has 1 aromatic rings. The highest BCUT2D eigenvalue weighted by Gasteiger charge is 2.24. The van der Waals surface area contributed by atoms with Gasteiger partial charge < -0.3 is 10.4 Å². The van der Waals surface area contributed by atoms with E-state index in [1.807, 2.05) is 31.2 Å². The summed E-state index contributed by atoms with van der Waals surface area (Å²) in [7, 11) is 0. The van der Waals surface area contributed by atoms with Gasteiger partial charge in [0.1, 0.15) is 0 Å². The normalized spacial score (nSPS) is 23.0. The third-order valence-electron chi connectivity index (χ3n) is 4.51. The molecule has 0 spiro atoms. The van der Waals surface area contributed by atoms with Crippen LogP contribution in [0.25, 0.3) is 0 Å². The third kappa shape index (κ3) is 5.03. The minimum absolute atomic E-state index is 0.0355. The van der Waals surface area contributed by atoms with Crippen molar-refractivity contribution in [3.05, 3.63) is 35.4 Å². The summed E-state index contributed by atoms with van der Waals surface area (Å²) in [5.74, 6) is 1.58. The maximum atomic E-state index is 12.3. The fraction of sp³-hybridized carbons (Fsp3) is 0.611. The number of amides is 1. The Labute approximate surface area is 137 Å².